The molecule has 5 nitrogen and oxygen atoms in total. The second-order valence-electron chi connectivity index (χ2n) is 7.91. The second kappa shape index (κ2) is 10.5. The average molecular weight is 492 g/mol. The van der Waals surface area contributed by atoms with Gasteiger partial charge in [0.25, 0.3) is 5.91 Å². The molecular weight excluding hydrogens is 466 g/mol. The summed E-state index contributed by atoms with van der Waals surface area (Å²) in [6.45, 7) is 4.73. The zero-order valence-electron chi connectivity index (χ0n) is 18.1. The van der Waals surface area contributed by atoms with E-state index in [2.05, 4.69) is 50.4 Å². The van der Waals surface area contributed by atoms with Crippen LogP contribution in [0.25, 0.3) is 0 Å². The number of nitrogens with one attached hydrogen (secondary N) is 1. The third-order valence-corrected chi connectivity index (χ3v) is 6.03. The van der Waals surface area contributed by atoms with Crippen molar-refractivity contribution in [1.29, 1.82) is 0 Å². The minimum absolute atomic E-state index is 0.230. The molecule has 1 aliphatic rings. The number of hydrogen-bond donors (Lipinski definition) is 1. The Morgan fingerprint density at radius 2 is 1.88 bits per heavy atom. The van der Waals surface area contributed by atoms with Crippen LogP contribution in [0, 0.1) is 6.92 Å². The van der Waals surface area contributed by atoms with Crippen LogP contribution in [0.15, 0.2) is 76.3 Å². The lowest BCUT2D eigenvalue weighted by molar-refractivity contribution is 0.0955. The number of hydrazone groups is 1. The first-order valence-electron chi connectivity index (χ1n) is 10.7. The van der Waals surface area contributed by atoms with Crippen LogP contribution in [0.5, 0.6) is 5.75 Å². The minimum Gasteiger partial charge on any atom is -0.488 e. The number of anilines is 1. The molecule has 1 amide bonds. The van der Waals surface area contributed by atoms with E-state index in [1.165, 1.54) is 18.4 Å². The van der Waals surface area contributed by atoms with Crippen LogP contribution in [0.1, 0.15) is 39.9 Å². The quantitative estimate of drug-likeness (QED) is 0.340. The van der Waals surface area contributed by atoms with Gasteiger partial charge in [-0.25, -0.2) is 5.43 Å². The van der Waals surface area contributed by atoms with Crippen molar-refractivity contribution in [2.75, 3.05) is 18.0 Å². The molecule has 32 heavy (non-hydrogen) atoms. The van der Waals surface area contributed by atoms with E-state index in [-0.39, 0.29) is 5.91 Å². The fourth-order valence-corrected chi connectivity index (χ4v) is 4.22. The first kappa shape index (κ1) is 22.1. The van der Waals surface area contributed by atoms with Gasteiger partial charge in [0.15, 0.2) is 0 Å². The van der Waals surface area contributed by atoms with Crippen molar-refractivity contribution in [1.82, 2.24) is 5.43 Å². The van der Waals surface area contributed by atoms with Crippen LogP contribution in [0.2, 0.25) is 0 Å². The number of nitrogens with zero attached hydrogens (tertiary/aromatic N) is 2. The number of halogens is 1. The maximum absolute atomic E-state index is 12.4. The Bertz CT molecular complexity index is 1110. The van der Waals surface area contributed by atoms with Crippen LogP contribution in [-0.4, -0.2) is 25.2 Å². The van der Waals surface area contributed by atoms with Gasteiger partial charge >= 0.3 is 0 Å². The molecule has 1 saturated heterocycles. The molecule has 0 spiro atoms. The summed E-state index contributed by atoms with van der Waals surface area (Å²) in [7, 11) is 0. The molecule has 3 aromatic rings. The summed E-state index contributed by atoms with van der Waals surface area (Å²) < 4.78 is 6.75. The Kier molecular flexibility index (Phi) is 7.22. The summed E-state index contributed by atoms with van der Waals surface area (Å²) in [6, 6.07) is 21.6. The Labute approximate surface area is 197 Å². The van der Waals surface area contributed by atoms with Gasteiger partial charge in [-0.3, -0.25) is 4.79 Å². The maximum Gasteiger partial charge on any atom is 0.271 e. The summed E-state index contributed by atoms with van der Waals surface area (Å²) in [5.41, 5.74) is 7.53. The molecule has 1 fully saturated rings. The molecule has 1 N–H and O–H groups in total. The van der Waals surface area contributed by atoms with Gasteiger partial charge < -0.3 is 9.64 Å². The monoisotopic (exact) mass is 491 g/mol. The molecule has 164 valence electrons. The zero-order valence-corrected chi connectivity index (χ0v) is 19.6. The van der Waals surface area contributed by atoms with E-state index in [0.29, 0.717) is 12.2 Å². The molecule has 3 aromatic carbocycles. The highest BCUT2D eigenvalue weighted by atomic mass is 79.9. The fraction of sp³-hybridized carbons (Fsp3) is 0.231. The van der Waals surface area contributed by atoms with Crippen molar-refractivity contribution >= 4 is 33.7 Å². The van der Waals surface area contributed by atoms with Crippen LogP contribution in [0.3, 0.4) is 0 Å². The summed E-state index contributed by atoms with van der Waals surface area (Å²) in [5, 5.41) is 4.10. The van der Waals surface area contributed by atoms with Gasteiger partial charge in [0, 0.05) is 24.3 Å². The number of carbonyl (C=O) groups excluding carboxylic acids is 1. The largest absolute Gasteiger partial charge is 0.488 e. The van der Waals surface area contributed by atoms with Gasteiger partial charge in [-0.2, -0.15) is 5.10 Å². The predicted molar refractivity (Wildman–Crippen MR) is 133 cm³/mol. The van der Waals surface area contributed by atoms with E-state index < -0.39 is 0 Å². The minimum atomic E-state index is -0.230. The number of rotatable bonds is 7. The lowest BCUT2D eigenvalue weighted by Crippen LogP contribution is -2.19. The summed E-state index contributed by atoms with van der Waals surface area (Å²) in [4.78, 5) is 14.7. The Morgan fingerprint density at radius 3 is 2.59 bits per heavy atom. The van der Waals surface area contributed by atoms with Crippen molar-refractivity contribution in [3.8, 4) is 5.75 Å². The van der Waals surface area contributed by atoms with Crippen molar-refractivity contribution in [3.63, 3.8) is 0 Å². The molecule has 0 aliphatic carbocycles. The molecule has 0 aromatic heterocycles. The molecule has 0 unspecified atom stereocenters. The maximum atomic E-state index is 12.4. The Balaban J connectivity index is 1.31. The molecule has 6 heteroatoms. The number of ether oxygens (including phenoxy) is 1. The van der Waals surface area contributed by atoms with Gasteiger partial charge in [-0.05, 0) is 89.3 Å². The first-order chi connectivity index (χ1) is 15.6. The molecule has 0 radical (unpaired) electrons. The standard InChI is InChI=1S/C26H26BrN3O2/c1-19-5-4-6-21(15-19)18-32-25-12-7-20(16-24(25)27)17-28-29-26(31)22-8-10-23(11-9-22)30-13-2-3-14-30/h4-12,15-17H,2-3,13-14,18H2,1H3,(H,29,31)/b28-17-. The summed E-state index contributed by atoms with van der Waals surface area (Å²) >= 11 is 3.55. The van der Waals surface area contributed by atoms with Gasteiger partial charge in [0.1, 0.15) is 12.4 Å². The third kappa shape index (κ3) is 5.77. The number of carbonyl (C=O) groups is 1. The number of hydrogen-bond acceptors (Lipinski definition) is 4. The normalized spacial score (nSPS) is 13.5. The SMILES string of the molecule is Cc1cccc(COc2ccc(/C=N\NC(=O)c3ccc(N4CCCC4)cc3)cc2Br)c1. The molecule has 1 heterocycles. The summed E-state index contributed by atoms with van der Waals surface area (Å²) in [5.74, 6) is 0.525. The van der Waals surface area contributed by atoms with E-state index in [4.69, 9.17) is 4.74 Å². The second-order valence-corrected chi connectivity index (χ2v) is 8.76. The van der Waals surface area contributed by atoms with Crippen molar-refractivity contribution in [2.45, 2.75) is 26.4 Å². The Morgan fingerprint density at radius 1 is 1.09 bits per heavy atom. The van der Waals surface area contributed by atoms with Gasteiger partial charge in [0.2, 0.25) is 0 Å². The third-order valence-electron chi connectivity index (χ3n) is 5.41. The van der Waals surface area contributed by atoms with Crippen LogP contribution >= 0.6 is 15.9 Å². The number of benzene rings is 3. The molecule has 0 saturated carbocycles. The van der Waals surface area contributed by atoms with Gasteiger partial charge in [0.05, 0.1) is 10.7 Å². The lowest BCUT2D eigenvalue weighted by Gasteiger charge is -2.17. The molecule has 4 rings (SSSR count). The van der Waals surface area contributed by atoms with Gasteiger partial charge in [-0.15, -0.1) is 0 Å². The molecular formula is C26H26BrN3O2. The predicted octanol–water partition coefficient (Wildman–Crippen LogP) is 5.70. The highest BCUT2D eigenvalue weighted by Crippen LogP contribution is 2.26. The lowest BCUT2D eigenvalue weighted by atomic mass is 10.1. The van der Waals surface area contributed by atoms with Crippen molar-refractivity contribution in [2.24, 2.45) is 5.10 Å². The van der Waals surface area contributed by atoms with E-state index >= 15 is 0 Å². The highest BCUT2D eigenvalue weighted by Gasteiger charge is 2.13. The average Bonchev–Trinajstić information content (AvgIpc) is 3.34. The summed E-state index contributed by atoms with van der Waals surface area (Å²) in [6.07, 6.45) is 4.07. The zero-order chi connectivity index (χ0) is 22.3. The van der Waals surface area contributed by atoms with Gasteiger partial charge in [-0.1, -0.05) is 29.8 Å². The first-order valence-corrected chi connectivity index (χ1v) is 11.5. The topological polar surface area (TPSA) is 53.9 Å². The molecule has 0 bridgehead atoms. The molecule has 0 atom stereocenters. The highest BCUT2D eigenvalue weighted by molar-refractivity contribution is 9.10. The fourth-order valence-electron chi connectivity index (χ4n) is 3.71. The van der Waals surface area contributed by atoms with E-state index in [0.717, 1.165) is 40.1 Å². The number of amides is 1. The van der Waals surface area contributed by atoms with Crippen LogP contribution in [-0.2, 0) is 6.61 Å². The van der Waals surface area contributed by atoms with Crippen molar-refractivity contribution in [3.05, 3.63) is 93.5 Å². The smallest absolute Gasteiger partial charge is 0.271 e. The van der Waals surface area contributed by atoms with E-state index in [1.807, 2.05) is 54.6 Å². The van der Waals surface area contributed by atoms with E-state index in [9.17, 15) is 4.79 Å². The van der Waals surface area contributed by atoms with Crippen LogP contribution < -0.4 is 15.1 Å². The van der Waals surface area contributed by atoms with E-state index in [1.54, 1.807) is 6.21 Å². The molecule has 1 aliphatic heterocycles. The van der Waals surface area contributed by atoms with Crippen LogP contribution in [0.4, 0.5) is 5.69 Å². The van der Waals surface area contributed by atoms with Crippen molar-refractivity contribution < 1.29 is 9.53 Å². The Hall–Kier alpha value is -3.12. The number of aryl methyl sites for hydroxylation is 1.